The zero-order chi connectivity index (χ0) is 13.8. The van der Waals surface area contributed by atoms with Crippen LogP contribution in [0.2, 0.25) is 5.02 Å². The van der Waals surface area contributed by atoms with Gasteiger partial charge in [0.15, 0.2) is 0 Å². The number of nitrogens with zero attached hydrogens (tertiary/aromatic N) is 2. The van der Waals surface area contributed by atoms with Gasteiger partial charge in [-0.15, -0.1) is 0 Å². The molecule has 1 aromatic carbocycles. The summed E-state index contributed by atoms with van der Waals surface area (Å²) >= 11 is 6.17. The fourth-order valence-corrected chi connectivity index (χ4v) is 2.63. The van der Waals surface area contributed by atoms with E-state index in [-0.39, 0.29) is 11.9 Å². The molecule has 1 aliphatic heterocycles. The van der Waals surface area contributed by atoms with Crippen molar-refractivity contribution in [1.82, 2.24) is 5.32 Å². The van der Waals surface area contributed by atoms with Crippen molar-refractivity contribution in [3.8, 4) is 6.07 Å². The third-order valence-electron chi connectivity index (χ3n) is 3.26. The molecule has 1 aromatic rings. The van der Waals surface area contributed by atoms with Gasteiger partial charge < -0.3 is 10.2 Å². The molecule has 1 unspecified atom stereocenters. The predicted molar refractivity (Wildman–Crippen MR) is 75.2 cm³/mol. The minimum Gasteiger partial charge on any atom is -0.310 e. The Balaban J connectivity index is 2.26. The van der Waals surface area contributed by atoms with Crippen LogP contribution in [0.5, 0.6) is 0 Å². The van der Waals surface area contributed by atoms with E-state index in [0.717, 1.165) is 19.4 Å². The minimum absolute atomic E-state index is 0.0553. The molecule has 100 valence electrons. The molecule has 0 aromatic heterocycles. The SMILES string of the molecule is CCNC1CCCN(c2ccc(C#N)cc2Cl)C1=O. The first-order valence-electron chi connectivity index (χ1n) is 6.41. The van der Waals surface area contributed by atoms with E-state index in [2.05, 4.69) is 5.32 Å². The van der Waals surface area contributed by atoms with Gasteiger partial charge in [0.05, 0.1) is 28.4 Å². The highest BCUT2D eigenvalue weighted by atomic mass is 35.5. The number of hydrogen-bond acceptors (Lipinski definition) is 3. The van der Waals surface area contributed by atoms with E-state index >= 15 is 0 Å². The number of likely N-dealkylation sites (N-methyl/N-ethyl adjacent to an activating group) is 1. The quantitative estimate of drug-likeness (QED) is 0.922. The molecule has 1 amide bonds. The Morgan fingerprint density at radius 1 is 1.58 bits per heavy atom. The van der Waals surface area contributed by atoms with Gasteiger partial charge in [0.25, 0.3) is 0 Å². The van der Waals surface area contributed by atoms with Gasteiger partial charge in [-0.1, -0.05) is 18.5 Å². The van der Waals surface area contributed by atoms with Crippen LogP contribution < -0.4 is 10.2 Å². The van der Waals surface area contributed by atoms with Gasteiger partial charge in [-0.25, -0.2) is 0 Å². The van der Waals surface area contributed by atoms with E-state index in [1.165, 1.54) is 0 Å². The Morgan fingerprint density at radius 2 is 2.37 bits per heavy atom. The lowest BCUT2D eigenvalue weighted by Crippen LogP contribution is -2.50. The monoisotopic (exact) mass is 277 g/mol. The first-order valence-corrected chi connectivity index (χ1v) is 6.79. The van der Waals surface area contributed by atoms with Crippen molar-refractivity contribution in [2.24, 2.45) is 0 Å². The normalized spacial score (nSPS) is 19.3. The Hall–Kier alpha value is -1.57. The third kappa shape index (κ3) is 2.89. The standard InChI is InChI=1S/C14H16ClN3O/c1-2-17-12-4-3-7-18(14(12)19)13-6-5-10(9-16)8-11(13)15/h5-6,8,12,17H,2-4,7H2,1H3. The molecular weight excluding hydrogens is 262 g/mol. The first-order chi connectivity index (χ1) is 9.17. The lowest BCUT2D eigenvalue weighted by molar-refractivity contribution is -0.121. The summed E-state index contributed by atoms with van der Waals surface area (Å²) in [6.07, 6.45) is 1.80. The largest absolute Gasteiger partial charge is 0.310 e. The van der Waals surface area contributed by atoms with Crippen molar-refractivity contribution in [3.63, 3.8) is 0 Å². The molecular formula is C14H16ClN3O. The van der Waals surface area contributed by atoms with Crippen molar-refractivity contribution in [3.05, 3.63) is 28.8 Å². The van der Waals surface area contributed by atoms with Crippen LogP contribution in [0.15, 0.2) is 18.2 Å². The van der Waals surface area contributed by atoms with Crippen LogP contribution in [0.25, 0.3) is 0 Å². The Kier molecular flexibility index (Phi) is 4.41. The van der Waals surface area contributed by atoms with Crippen molar-refractivity contribution in [1.29, 1.82) is 5.26 Å². The molecule has 0 radical (unpaired) electrons. The number of carbonyl (C=O) groups is 1. The number of benzene rings is 1. The van der Waals surface area contributed by atoms with E-state index in [0.29, 0.717) is 22.8 Å². The summed E-state index contributed by atoms with van der Waals surface area (Å²) in [6, 6.07) is 6.93. The van der Waals surface area contributed by atoms with Crippen LogP contribution in [0.3, 0.4) is 0 Å². The van der Waals surface area contributed by atoms with Crippen LogP contribution in [-0.4, -0.2) is 25.0 Å². The maximum Gasteiger partial charge on any atom is 0.244 e. The number of amides is 1. The topological polar surface area (TPSA) is 56.1 Å². The summed E-state index contributed by atoms with van der Waals surface area (Å²) in [5.41, 5.74) is 1.19. The molecule has 0 saturated carbocycles. The van der Waals surface area contributed by atoms with Crippen molar-refractivity contribution in [2.75, 3.05) is 18.0 Å². The fraction of sp³-hybridized carbons (Fsp3) is 0.429. The predicted octanol–water partition coefficient (Wildman–Crippen LogP) is 2.32. The van der Waals surface area contributed by atoms with Crippen molar-refractivity contribution in [2.45, 2.75) is 25.8 Å². The molecule has 0 spiro atoms. The lowest BCUT2D eigenvalue weighted by Gasteiger charge is -2.33. The highest BCUT2D eigenvalue weighted by molar-refractivity contribution is 6.34. The summed E-state index contributed by atoms with van der Waals surface area (Å²) < 4.78 is 0. The Labute approximate surface area is 118 Å². The summed E-state index contributed by atoms with van der Waals surface area (Å²) in [5.74, 6) is 0.0553. The van der Waals surface area contributed by atoms with Crippen LogP contribution >= 0.6 is 11.6 Å². The third-order valence-corrected chi connectivity index (χ3v) is 3.56. The number of carbonyl (C=O) groups excluding carboxylic acids is 1. The molecule has 19 heavy (non-hydrogen) atoms. The molecule has 2 rings (SSSR count). The van der Waals surface area contributed by atoms with Gasteiger partial charge in [-0.3, -0.25) is 4.79 Å². The fourth-order valence-electron chi connectivity index (χ4n) is 2.35. The zero-order valence-electron chi connectivity index (χ0n) is 10.8. The molecule has 1 atom stereocenters. The number of piperidine rings is 1. The highest BCUT2D eigenvalue weighted by Crippen LogP contribution is 2.29. The molecule has 0 aliphatic carbocycles. The maximum atomic E-state index is 12.4. The van der Waals surface area contributed by atoms with Gasteiger partial charge in [0.1, 0.15) is 0 Å². The molecule has 4 nitrogen and oxygen atoms in total. The van der Waals surface area contributed by atoms with E-state index in [1.807, 2.05) is 13.0 Å². The second-order valence-electron chi connectivity index (χ2n) is 4.52. The number of anilines is 1. The molecule has 1 saturated heterocycles. The molecule has 0 bridgehead atoms. The highest BCUT2D eigenvalue weighted by Gasteiger charge is 2.29. The Bertz CT molecular complexity index is 522. The lowest BCUT2D eigenvalue weighted by atomic mass is 10.0. The van der Waals surface area contributed by atoms with Gasteiger partial charge in [0.2, 0.25) is 5.91 Å². The van der Waals surface area contributed by atoms with Crippen LogP contribution in [0.1, 0.15) is 25.3 Å². The number of rotatable bonds is 3. The minimum atomic E-state index is -0.134. The van der Waals surface area contributed by atoms with Crippen molar-refractivity contribution < 1.29 is 4.79 Å². The summed E-state index contributed by atoms with van der Waals surface area (Å²) in [6.45, 7) is 3.43. The molecule has 1 N–H and O–H groups in total. The van der Waals surface area contributed by atoms with E-state index in [9.17, 15) is 4.79 Å². The summed E-state index contributed by atoms with van der Waals surface area (Å²) in [4.78, 5) is 14.1. The number of hydrogen-bond donors (Lipinski definition) is 1. The van der Waals surface area contributed by atoms with E-state index < -0.39 is 0 Å². The molecule has 1 fully saturated rings. The van der Waals surface area contributed by atoms with Gasteiger partial charge in [-0.05, 0) is 37.6 Å². The zero-order valence-corrected chi connectivity index (χ0v) is 11.6. The second kappa shape index (κ2) is 6.05. The average molecular weight is 278 g/mol. The number of nitriles is 1. The summed E-state index contributed by atoms with van der Waals surface area (Å²) in [7, 11) is 0. The number of nitrogens with one attached hydrogen (secondary N) is 1. The van der Waals surface area contributed by atoms with E-state index in [4.69, 9.17) is 16.9 Å². The average Bonchev–Trinajstić information content (AvgIpc) is 2.42. The smallest absolute Gasteiger partial charge is 0.244 e. The van der Waals surface area contributed by atoms with Crippen molar-refractivity contribution >= 4 is 23.2 Å². The molecule has 5 heteroatoms. The van der Waals surface area contributed by atoms with Crippen LogP contribution in [-0.2, 0) is 4.79 Å². The van der Waals surface area contributed by atoms with Crippen LogP contribution in [0, 0.1) is 11.3 Å². The van der Waals surface area contributed by atoms with Gasteiger partial charge >= 0.3 is 0 Å². The van der Waals surface area contributed by atoms with E-state index in [1.54, 1.807) is 23.1 Å². The molecule has 1 heterocycles. The molecule has 1 aliphatic rings. The van der Waals surface area contributed by atoms with Gasteiger partial charge in [0, 0.05) is 6.54 Å². The maximum absolute atomic E-state index is 12.4. The Morgan fingerprint density at radius 3 is 3.00 bits per heavy atom. The second-order valence-corrected chi connectivity index (χ2v) is 4.93. The van der Waals surface area contributed by atoms with Crippen LogP contribution in [0.4, 0.5) is 5.69 Å². The number of halogens is 1. The van der Waals surface area contributed by atoms with Gasteiger partial charge in [-0.2, -0.15) is 5.26 Å². The first kappa shape index (κ1) is 13.9. The summed E-state index contributed by atoms with van der Waals surface area (Å²) in [5, 5.41) is 12.5.